The van der Waals surface area contributed by atoms with Crippen molar-refractivity contribution in [3.8, 4) is 5.75 Å². The van der Waals surface area contributed by atoms with Gasteiger partial charge >= 0.3 is 0 Å². The standard InChI is InChI=1S/C16H19FN2O/c1-19(14-7-9-15(20-2)10-8-14)16(11-18)12-3-5-13(17)6-4-12/h3-10,16H,11,18H2,1-2H3. The van der Waals surface area contributed by atoms with E-state index in [1.54, 1.807) is 19.2 Å². The molecule has 0 spiro atoms. The lowest BCUT2D eigenvalue weighted by atomic mass is 10.0. The van der Waals surface area contributed by atoms with Crippen molar-refractivity contribution in [2.45, 2.75) is 6.04 Å². The van der Waals surface area contributed by atoms with Crippen LogP contribution >= 0.6 is 0 Å². The van der Waals surface area contributed by atoms with Gasteiger partial charge in [-0.1, -0.05) is 12.1 Å². The first-order valence-electron chi connectivity index (χ1n) is 6.48. The highest BCUT2D eigenvalue weighted by Crippen LogP contribution is 2.26. The van der Waals surface area contributed by atoms with Crippen LogP contribution in [0.1, 0.15) is 11.6 Å². The summed E-state index contributed by atoms with van der Waals surface area (Å²) in [6.07, 6.45) is 0. The third-order valence-corrected chi connectivity index (χ3v) is 3.43. The highest BCUT2D eigenvalue weighted by atomic mass is 19.1. The van der Waals surface area contributed by atoms with E-state index in [0.29, 0.717) is 6.54 Å². The number of halogens is 1. The number of anilines is 1. The van der Waals surface area contributed by atoms with Gasteiger partial charge < -0.3 is 15.4 Å². The van der Waals surface area contributed by atoms with Gasteiger partial charge in [0.15, 0.2) is 0 Å². The lowest BCUT2D eigenvalue weighted by Crippen LogP contribution is -2.30. The summed E-state index contributed by atoms with van der Waals surface area (Å²) in [5.41, 5.74) is 7.90. The van der Waals surface area contributed by atoms with E-state index in [-0.39, 0.29) is 11.9 Å². The van der Waals surface area contributed by atoms with Crippen molar-refractivity contribution in [3.63, 3.8) is 0 Å². The molecule has 0 saturated carbocycles. The van der Waals surface area contributed by atoms with Crippen molar-refractivity contribution >= 4 is 5.69 Å². The zero-order valence-corrected chi connectivity index (χ0v) is 11.7. The van der Waals surface area contributed by atoms with E-state index >= 15 is 0 Å². The zero-order valence-electron chi connectivity index (χ0n) is 11.7. The predicted octanol–water partition coefficient (Wildman–Crippen LogP) is 2.97. The van der Waals surface area contributed by atoms with Crippen LogP contribution in [0.15, 0.2) is 48.5 Å². The molecule has 0 radical (unpaired) electrons. The molecule has 1 unspecified atom stereocenters. The first kappa shape index (κ1) is 14.3. The molecule has 0 aliphatic heterocycles. The van der Waals surface area contributed by atoms with E-state index in [1.165, 1.54) is 12.1 Å². The van der Waals surface area contributed by atoms with Crippen LogP contribution in [0.2, 0.25) is 0 Å². The van der Waals surface area contributed by atoms with Crippen molar-refractivity contribution in [2.75, 3.05) is 25.6 Å². The maximum atomic E-state index is 13.0. The molecule has 2 aromatic carbocycles. The molecule has 0 aliphatic carbocycles. The molecule has 0 aliphatic rings. The molecule has 106 valence electrons. The van der Waals surface area contributed by atoms with Gasteiger partial charge in [0.05, 0.1) is 13.2 Å². The Bertz CT molecular complexity index is 539. The maximum Gasteiger partial charge on any atom is 0.123 e. The van der Waals surface area contributed by atoms with Crippen LogP contribution in [-0.4, -0.2) is 20.7 Å². The van der Waals surface area contributed by atoms with E-state index < -0.39 is 0 Å². The molecule has 2 rings (SSSR count). The Morgan fingerprint density at radius 2 is 1.70 bits per heavy atom. The van der Waals surface area contributed by atoms with Crippen molar-refractivity contribution in [1.29, 1.82) is 0 Å². The number of rotatable bonds is 5. The normalized spacial score (nSPS) is 12.0. The second kappa shape index (κ2) is 6.39. The van der Waals surface area contributed by atoms with E-state index in [2.05, 4.69) is 4.90 Å². The molecular weight excluding hydrogens is 255 g/mol. The van der Waals surface area contributed by atoms with Crippen LogP contribution in [0.3, 0.4) is 0 Å². The summed E-state index contributed by atoms with van der Waals surface area (Å²) in [6.45, 7) is 0.453. The number of benzene rings is 2. The van der Waals surface area contributed by atoms with Gasteiger partial charge in [0.1, 0.15) is 11.6 Å². The van der Waals surface area contributed by atoms with Gasteiger partial charge in [0.25, 0.3) is 0 Å². The molecule has 0 aromatic heterocycles. The molecule has 0 fully saturated rings. The number of methoxy groups -OCH3 is 1. The van der Waals surface area contributed by atoms with Crippen LogP contribution in [0.5, 0.6) is 5.75 Å². The summed E-state index contributed by atoms with van der Waals surface area (Å²) in [5.74, 6) is 0.574. The van der Waals surface area contributed by atoms with Gasteiger partial charge in [-0.25, -0.2) is 4.39 Å². The third kappa shape index (κ3) is 3.08. The molecule has 4 heteroatoms. The van der Waals surface area contributed by atoms with Crippen molar-refractivity contribution < 1.29 is 9.13 Å². The summed E-state index contributed by atoms with van der Waals surface area (Å²) in [4.78, 5) is 2.08. The number of ether oxygens (including phenoxy) is 1. The Morgan fingerprint density at radius 3 is 2.20 bits per heavy atom. The van der Waals surface area contributed by atoms with Crippen LogP contribution < -0.4 is 15.4 Å². The highest BCUT2D eigenvalue weighted by Gasteiger charge is 2.16. The first-order chi connectivity index (χ1) is 9.65. The van der Waals surface area contributed by atoms with E-state index in [1.807, 2.05) is 31.3 Å². The minimum Gasteiger partial charge on any atom is -0.497 e. The zero-order chi connectivity index (χ0) is 14.5. The number of likely N-dealkylation sites (N-methyl/N-ethyl adjacent to an activating group) is 1. The monoisotopic (exact) mass is 274 g/mol. The quantitative estimate of drug-likeness (QED) is 0.911. The molecule has 1 atom stereocenters. The molecule has 20 heavy (non-hydrogen) atoms. The molecule has 3 nitrogen and oxygen atoms in total. The summed E-state index contributed by atoms with van der Waals surface area (Å²) < 4.78 is 18.2. The molecule has 2 aromatic rings. The van der Waals surface area contributed by atoms with Gasteiger partial charge in [-0.2, -0.15) is 0 Å². The fraction of sp³-hybridized carbons (Fsp3) is 0.250. The molecule has 0 heterocycles. The van der Waals surface area contributed by atoms with Crippen LogP contribution in [0, 0.1) is 5.82 Å². The lowest BCUT2D eigenvalue weighted by Gasteiger charge is -2.29. The lowest BCUT2D eigenvalue weighted by molar-refractivity contribution is 0.415. The third-order valence-electron chi connectivity index (χ3n) is 3.43. The smallest absolute Gasteiger partial charge is 0.123 e. The molecular formula is C16H19FN2O. The summed E-state index contributed by atoms with van der Waals surface area (Å²) in [6, 6.07) is 14.2. The fourth-order valence-corrected chi connectivity index (χ4v) is 2.20. The van der Waals surface area contributed by atoms with Gasteiger partial charge in [-0.15, -0.1) is 0 Å². The average Bonchev–Trinajstić information content (AvgIpc) is 2.50. The van der Waals surface area contributed by atoms with E-state index in [0.717, 1.165) is 17.0 Å². The van der Waals surface area contributed by atoms with Crippen LogP contribution in [0.4, 0.5) is 10.1 Å². The molecule has 0 saturated heterocycles. The fourth-order valence-electron chi connectivity index (χ4n) is 2.20. The highest BCUT2D eigenvalue weighted by molar-refractivity contribution is 5.50. The van der Waals surface area contributed by atoms with Crippen molar-refractivity contribution in [2.24, 2.45) is 5.73 Å². The Labute approximate surface area is 118 Å². The van der Waals surface area contributed by atoms with E-state index in [4.69, 9.17) is 10.5 Å². The molecule has 0 bridgehead atoms. The Morgan fingerprint density at radius 1 is 1.10 bits per heavy atom. The van der Waals surface area contributed by atoms with Gasteiger partial charge in [-0.3, -0.25) is 0 Å². The minimum atomic E-state index is -0.239. The SMILES string of the molecule is COc1ccc(N(C)C(CN)c2ccc(F)cc2)cc1. The van der Waals surface area contributed by atoms with Gasteiger partial charge in [0, 0.05) is 19.3 Å². The minimum absolute atomic E-state index is 0.00370. The Kier molecular flexibility index (Phi) is 4.58. The van der Waals surface area contributed by atoms with Crippen LogP contribution in [0.25, 0.3) is 0 Å². The average molecular weight is 274 g/mol. The largest absolute Gasteiger partial charge is 0.497 e. The summed E-state index contributed by atoms with van der Waals surface area (Å²) in [7, 11) is 3.61. The molecule has 0 amide bonds. The van der Waals surface area contributed by atoms with Gasteiger partial charge in [0.2, 0.25) is 0 Å². The van der Waals surface area contributed by atoms with Crippen molar-refractivity contribution in [3.05, 3.63) is 59.9 Å². The van der Waals surface area contributed by atoms with Gasteiger partial charge in [-0.05, 0) is 42.0 Å². The first-order valence-corrected chi connectivity index (χ1v) is 6.48. The number of nitrogens with zero attached hydrogens (tertiary/aromatic N) is 1. The predicted molar refractivity (Wildman–Crippen MR) is 79.6 cm³/mol. The summed E-state index contributed by atoms with van der Waals surface area (Å²) >= 11 is 0. The topological polar surface area (TPSA) is 38.5 Å². The maximum absolute atomic E-state index is 13.0. The van der Waals surface area contributed by atoms with Crippen LogP contribution in [-0.2, 0) is 0 Å². The summed E-state index contributed by atoms with van der Waals surface area (Å²) in [5, 5.41) is 0. The van der Waals surface area contributed by atoms with E-state index in [9.17, 15) is 4.39 Å². The molecule has 2 N–H and O–H groups in total. The number of nitrogens with two attached hydrogens (primary N) is 1. The Hall–Kier alpha value is -2.07. The Balaban J connectivity index is 2.23. The number of hydrogen-bond donors (Lipinski definition) is 1. The van der Waals surface area contributed by atoms with Crippen molar-refractivity contribution in [1.82, 2.24) is 0 Å². The second-order valence-electron chi connectivity index (χ2n) is 4.61. The number of hydrogen-bond acceptors (Lipinski definition) is 3. The second-order valence-corrected chi connectivity index (χ2v) is 4.61.